The van der Waals surface area contributed by atoms with Gasteiger partial charge in [-0.3, -0.25) is 4.79 Å². The fraction of sp³-hybridized carbons (Fsp3) is 0.500. The summed E-state index contributed by atoms with van der Waals surface area (Å²) in [6.07, 6.45) is 1.19. The Labute approximate surface area is 125 Å². The molecule has 21 heavy (non-hydrogen) atoms. The largest absolute Gasteiger partial charge is 0.480 e. The van der Waals surface area contributed by atoms with E-state index in [1.54, 1.807) is 0 Å². The molecule has 2 N–H and O–H groups in total. The maximum Gasteiger partial charge on any atom is 0.328 e. The van der Waals surface area contributed by atoms with Crippen molar-refractivity contribution in [3.63, 3.8) is 0 Å². The molecule has 1 rings (SSSR count). The van der Waals surface area contributed by atoms with E-state index < -0.39 is 17.4 Å². The van der Waals surface area contributed by atoms with Crippen molar-refractivity contribution in [2.45, 2.75) is 38.1 Å². The van der Waals surface area contributed by atoms with E-state index in [2.05, 4.69) is 5.32 Å². The van der Waals surface area contributed by atoms with Crippen LogP contribution in [0.2, 0.25) is 0 Å². The van der Waals surface area contributed by atoms with Gasteiger partial charge in [0.05, 0.1) is 12.0 Å². The van der Waals surface area contributed by atoms with Crippen LogP contribution in [0.5, 0.6) is 0 Å². The molecule has 1 atom stereocenters. The minimum Gasteiger partial charge on any atom is -0.480 e. The predicted octanol–water partition coefficient (Wildman–Crippen LogP) is 1.96. The standard InChI is InChI=1S/C16H23NO4/c1-4-16(5-2,12-9-7-6-8-10-12)15(20)17-13(11-21-3)14(18)19/h6-10,13H,4-5,11H2,1-3H3,(H,17,20)(H,18,19). The zero-order valence-corrected chi connectivity index (χ0v) is 12.8. The Bertz CT molecular complexity index is 468. The monoisotopic (exact) mass is 293 g/mol. The summed E-state index contributed by atoms with van der Waals surface area (Å²) in [4.78, 5) is 23.9. The molecule has 1 aromatic rings. The summed E-state index contributed by atoms with van der Waals surface area (Å²) in [6, 6.07) is 8.42. The number of carbonyl (C=O) groups excluding carboxylic acids is 1. The third-order valence-corrected chi connectivity index (χ3v) is 3.90. The molecule has 0 aliphatic carbocycles. The van der Waals surface area contributed by atoms with Gasteiger partial charge in [0.15, 0.2) is 6.04 Å². The first kappa shape index (κ1) is 17.2. The molecule has 116 valence electrons. The number of benzene rings is 1. The molecular formula is C16H23NO4. The highest BCUT2D eigenvalue weighted by molar-refractivity contribution is 5.91. The Morgan fingerprint density at radius 3 is 2.24 bits per heavy atom. The van der Waals surface area contributed by atoms with Crippen LogP contribution in [0, 0.1) is 0 Å². The summed E-state index contributed by atoms with van der Waals surface area (Å²) in [5.41, 5.74) is 0.178. The summed E-state index contributed by atoms with van der Waals surface area (Å²) in [6.45, 7) is 3.81. The van der Waals surface area contributed by atoms with Gasteiger partial charge in [-0.2, -0.15) is 0 Å². The molecule has 5 heteroatoms. The lowest BCUT2D eigenvalue weighted by Crippen LogP contribution is -2.51. The first-order chi connectivity index (χ1) is 10.0. The summed E-state index contributed by atoms with van der Waals surface area (Å²) in [5, 5.41) is 11.7. The molecule has 0 bridgehead atoms. The lowest BCUT2D eigenvalue weighted by atomic mass is 9.75. The Hall–Kier alpha value is -1.88. The van der Waals surface area contributed by atoms with Crippen molar-refractivity contribution < 1.29 is 19.4 Å². The molecule has 0 aliphatic rings. The van der Waals surface area contributed by atoms with Gasteiger partial charge in [-0.1, -0.05) is 44.2 Å². The summed E-state index contributed by atoms with van der Waals surface area (Å²) < 4.78 is 4.86. The summed E-state index contributed by atoms with van der Waals surface area (Å²) >= 11 is 0. The van der Waals surface area contributed by atoms with Gasteiger partial charge in [0, 0.05) is 7.11 Å². The SMILES string of the molecule is CCC(CC)(C(=O)NC(COC)C(=O)O)c1ccccc1. The van der Waals surface area contributed by atoms with Gasteiger partial charge < -0.3 is 15.2 Å². The number of ether oxygens (including phenoxy) is 1. The second-order valence-electron chi connectivity index (χ2n) is 4.97. The Morgan fingerprint density at radius 2 is 1.81 bits per heavy atom. The van der Waals surface area contributed by atoms with E-state index >= 15 is 0 Å². The van der Waals surface area contributed by atoms with Gasteiger partial charge in [0.1, 0.15) is 0 Å². The number of carboxylic acid groups (broad SMARTS) is 1. The fourth-order valence-corrected chi connectivity index (χ4v) is 2.51. The highest BCUT2D eigenvalue weighted by Gasteiger charge is 2.38. The first-order valence-electron chi connectivity index (χ1n) is 7.10. The van der Waals surface area contributed by atoms with Crippen LogP contribution in [0.15, 0.2) is 30.3 Å². The maximum absolute atomic E-state index is 12.7. The molecule has 1 aromatic carbocycles. The lowest BCUT2D eigenvalue weighted by molar-refractivity contribution is -0.144. The molecule has 0 radical (unpaired) electrons. The number of carbonyl (C=O) groups is 2. The molecule has 0 saturated heterocycles. The van der Waals surface area contributed by atoms with Crippen LogP contribution in [0.25, 0.3) is 0 Å². The van der Waals surface area contributed by atoms with Gasteiger partial charge in [-0.15, -0.1) is 0 Å². The zero-order chi connectivity index (χ0) is 15.9. The normalized spacial score (nSPS) is 12.7. The van der Waals surface area contributed by atoms with E-state index in [1.165, 1.54) is 7.11 Å². The van der Waals surface area contributed by atoms with Crippen molar-refractivity contribution in [2.75, 3.05) is 13.7 Å². The average Bonchev–Trinajstić information content (AvgIpc) is 2.49. The number of aliphatic carboxylic acids is 1. The van der Waals surface area contributed by atoms with E-state index in [-0.39, 0.29) is 12.5 Å². The molecule has 0 saturated carbocycles. The molecule has 0 aliphatic heterocycles. The van der Waals surface area contributed by atoms with Crippen LogP contribution in [0.4, 0.5) is 0 Å². The molecular weight excluding hydrogens is 270 g/mol. The highest BCUT2D eigenvalue weighted by Crippen LogP contribution is 2.32. The molecule has 0 aromatic heterocycles. The first-order valence-corrected chi connectivity index (χ1v) is 7.10. The Balaban J connectivity index is 3.05. The van der Waals surface area contributed by atoms with Crippen molar-refractivity contribution in [1.82, 2.24) is 5.32 Å². The number of methoxy groups -OCH3 is 1. The van der Waals surface area contributed by atoms with Gasteiger partial charge in [0.2, 0.25) is 5.91 Å². The van der Waals surface area contributed by atoms with Crippen molar-refractivity contribution in [3.8, 4) is 0 Å². The number of nitrogens with one attached hydrogen (secondary N) is 1. The summed E-state index contributed by atoms with van der Waals surface area (Å²) in [5.74, 6) is -1.37. The van der Waals surface area contributed by atoms with Gasteiger partial charge in [-0.25, -0.2) is 4.79 Å². The third-order valence-electron chi connectivity index (χ3n) is 3.90. The lowest BCUT2D eigenvalue weighted by Gasteiger charge is -2.32. The molecule has 1 unspecified atom stereocenters. The predicted molar refractivity (Wildman–Crippen MR) is 80.1 cm³/mol. The van der Waals surface area contributed by atoms with Gasteiger partial charge >= 0.3 is 5.97 Å². The van der Waals surface area contributed by atoms with E-state index in [9.17, 15) is 9.59 Å². The number of hydrogen-bond donors (Lipinski definition) is 2. The third kappa shape index (κ3) is 3.82. The van der Waals surface area contributed by atoms with E-state index in [4.69, 9.17) is 9.84 Å². The molecule has 0 fully saturated rings. The van der Waals surface area contributed by atoms with Crippen LogP contribution < -0.4 is 5.32 Å². The Kier molecular flexibility index (Phi) is 6.37. The number of rotatable bonds is 8. The van der Waals surface area contributed by atoms with Gasteiger partial charge in [0.25, 0.3) is 0 Å². The topological polar surface area (TPSA) is 75.6 Å². The Morgan fingerprint density at radius 1 is 1.24 bits per heavy atom. The molecule has 0 heterocycles. The van der Waals surface area contributed by atoms with Crippen LogP contribution in [-0.4, -0.2) is 36.7 Å². The van der Waals surface area contributed by atoms with E-state index in [0.29, 0.717) is 12.8 Å². The zero-order valence-electron chi connectivity index (χ0n) is 12.8. The van der Waals surface area contributed by atoms with Crippen molar-refractivity contribution in [2.24, 2.45) is 0 Å². The minimum absolute atomic E-state index is 0.0562. The van der Waals surface area contributed by atoms with E-state index in [0.717, 1.165) is 5.56 Å². The molecule has 5 nitrogen and oxygen atoms in total. The maximum atomic E-state index is 12.7. The van der Waals surface area contributed by atoms with Crippen LogP contribution >= 0.6 is 0 Å². The van der Waals surface area contributed by atoms with Crippen LogP contribution in [0.3, 0.4) is 0 Å². The van der Waals surface area contributed by atoms with E-state index in [1.807, 2.05) is 44.2 Å². The minimum atomic E-state index is -1.10. The number of carboxylic acids is 1. The van der Waals surface area contributed by atoms with Crippen molar-refractivity contribution in [1.29, 1.82) is 0 Å². The molecule has 1 amide bonds. The summed E-state index contributed by atoms with van der Waals surface area (Å²) in [7, 11) is 1.41. The van der Waals surface area contributed by atoms with Crippen molar-refractivity contribution in [3.05, 3.63) is 35.9 Å². The van der Waals surface area contributed by atoms with Crippen molar-refractivity contribution >= 4 is 11.9 Å². The van der Waals surface area contributed by atoms with Crippen LogP contribution in [0.1, 0.15) is 32.3 Å². The average molecular weight is 293 g/mol. The highest BCUT2D eigenvalue weighted by atomic mass is 16.5. The second-order valence-corrected chi connectivity index (χ2v) is 4.97. The smallest absolute Gasteiger partial charge is 0.328 e. The van der Waals surface area contributed by atoms with Gasteiger partial charge in [-0.05, 0) is 18.4 Å². The number of amides is 1. The van der Waals surface area contributed by atoms with Crippen LogP contribution in [-0.2, 0) is 19.7 Å². The second kappa shape index (κ2) is 7.78. The number of hydrogen-bond acceptors (Lipinski definition) is 3. The fourth-order valence-electron chi connectivity index (χ4n) is 2.51. The molecule has 0 spiro atoms. The quantitative estimate of drug-likeness (QED) is 0.768.